The van der Waals surface area contributed by atoms with E-state index in [2.05, 4.69) is 5.32 Å². The van der Waals surface area contributed by atoms with E-state index >= 15 is 0 Å². The van der Waals surface area contributed by atoms with E-state index in [1.165, 1.54) is 6.08 Å². The summed E-state index contributed by atoms with van der Waals surface area (Å²) in [6.07, 6.45) is 2.99. The zero-order chi connectivity index (χ0) is 15.8. The van der Waals surface area contributed by atoms with Crippen LogP contribution in [0.5, 0.6) is 0 Å². The number of rotatable bonds is 6. The number of hydrogen-bond acceptors (Lipinski definition) is 4. The minimum atomic E-state index is -0.534. The lowest BCUT2D eigenvalue weighted by Gasteiger charge is -2.03. The number of carbonyl (C=O) groups is 2. The number of carbonyl (C=O) groups excluding carboxylic acids is 2. The Morgan fingerprint density at radius 1 is 1.27 bits per heavy atom. The van der Waals surface area contributed by atoms with Gasteiger partial charge in [-0.3, -0.25) is 4.79 Å². The molecule has 5 heteroatoms. The van der Waals surface area contributed by atoms with Gasteiger partial charge in [0.1, 0.15) is 0 Å². The third kappa shape index (κ3) is 5.54. The number of thiophene rings is 1. The standard InChI is InChI=1S/C17H17NO3S/c1-13-4-2-5-14(10-13)7-8-17(20)21-12-16(19)18-11-15-6-3-9-22-15/h2-10H,11-12H2,1H3,(H,18,19)/b8-7+. The van der Waals surface area contributed by atoms with E-state index in [1.54, 1.807) is 17.4 Å². The topological polar surface area (TPSA) is 55.4 Å². The minimum absolute atomic E-state index is 0.275. The monoisotopic (exact) mass is 315 g/mol. The number of aryl methyl sites for hydroxylation is 1. The summed E-state index contributed by atoms with van der Waals surface area (Å²) >= 11 is 1.56. The van der Waals surface area contributed by atoms with Crippen LogP contribution in [0.2, 0.25) is 0 Å². The summed E-state index contributed by atoms with van der Waals surface area (Å²) in [4.78, 5) is 24.2. The first-order valence-corrected chi connectivity index (χ1v) is 7.72. The molecule has 2 rings (SSSR count). The van der Waals surface area contributed by atoms with Gasteiger partial charge in [-0.05, 0) is 30.0 Å². The molecule has 114 valence electrons. The normalized spacial score (nSPS) is 10.6. The number of esters is 1. The highest BCUT2D eigenvalue weighted by Gasteiger charge is 2.05. The predicted molar refractivity (Wildman–Crippen MR) is 87.3 cm³/mol. The van der Waals surface area contributed by atoms with Crippen LogP contribution in [-0.2, 0) is 20.9 Å². The molecule has 0 bridgehead atoms. The fourth-order valence-electron chi connectivity index (χ4n) is 1.77. The Morgan fingerprint density at radius 3 is 2.86 bits per heavy atom. The van der Waals surface area contributed by atoms with Crippen molar-refractivity contribution in [3.8, 4) is 0 Å². The molecule has 22 heavy (non-hydrogen) atoms. The van der Waals surface area contributed by atoms with E-state index < -0.39 is 5.97 Å². The predicted octanol–water partition coefficient (Wildman–Crippen LogP) is 2.93. The Kier molecular flexibility index (Phi) is 5.91. The van der Waals surface area contributed by atoms with Gasteiger partial charge in [-0.1, -0.05) is 35.9 Å². The quantitative estimate of drug-likeness (QED) is 0.659. The van der Waals surface area contributed by atoms with Crippen LogP contribution in [0.1, 0.15) is 16.0 Å². The molecule has 0 aliphatic carbocycles. The molecule has 0 aliphatic heterocycles. The highest BCUT2D eigenvalue weighted by molar-refractivity contribution is 7.09. The molecule has 1 amide bonds. The van der Waals surface area contributed by atoms with Gasteiger partial charge in [0, 0.05) is 11.0 Å². The van der Waals surface area contributed by atoms with E-state index in [-0.39, 0.29) is 12.5 Å². The number of amides is 1. The fraction of sp³-hybridized carbons (Fsp3) is 0.176. The summed E-state index contributed by atoms with van der Waals surface area (Å²) in [5, 5.41) is 4.63. The van der Waals surface area contributed by atoms with Gasteiger partial charge in [0.25, 0.3) is 5.91 Å². The summed E-state index contributed by atoms with van der Waals surface area (Å²) < 4.78 is 4.89. The lowest BCUT2D eigenvalue weighted by molar-refractivity contribution is -0.143. The van der Waals surface area contributed by atoms with Crippen LogP contribution in [-0.4, -0.2) is 18.5 Å². The van der Waals surface area contributed by atoms with Crippen molar-refractivity contribution in [1.82, 2.24) is 5.32 Å². The second-order valence-electron chi connectivity index (χ2n) is 4.71. The van der Waals surface area contributed by atoms with Crippen molar-refractivity contribution in [2.75, 3.05) is 6.61 Å². The SMILES string of the molecule is Cc1cccc(/C=C/C(=O)OCC(=O)NCc2cccs2)c1. The van der Waals surface area contributed by atoms with Crippen molar-refractivity contribution in [3.63, 3.8) is 0 Å². The smallest absolute Gasteiger partial charge is 0.331 e. The first kappa shape index (κ1) is 16.0. The fourth-order valence-corrected chi connectivity index (χ4v) is 2.42. The first-order valence-electron chi connectivity index (χ1n) is 6.84. The van der Waals surface area contributed by atoms with Crippen molar-refractivity contribution in [2.45, 2.75) is 13.5 Å². The number of ether oxygens (including phenoxy) is 1. The van der Waals surface area contributed by atoms with E-state index in [0.717, 1.165) is 16.0 Å². The molecule has 0 saturated heterocycles. The Bertz CT molecular complexity index is 662. The first-order chi connectivity index (χ1) is 10.6. The average Bonchev–Trinajstić information content (AvgIpc) is 3.02. The molecule has 0 radical (unpaired) electrons. The molecule has 0 unspecified atom stereocenters. The maximum Gasteiger partial charge on any atom is 0.331 e. The van der Waals surface area contributed by atoms with Crippen molar-refractivity contribution in [2.24, 2.45) is 0 Å². The number of benzene rings is 1. The van der Waals surface area contributed by atoms with Crippen molar-refractivity contribution in [3.05, 3.63) is 63.9 Å². The Labute approximate surface area is 133 Å². The molecule has 2 aromatic rings. The van der Waals surface area contributed by atoms with Gasteiger partial charge in [0.05, 0.1) is 6.54 Å². The summed E-state index contributed by atoms with van der Waals surface area (Å²) in [6.45, 7) is 2.16. The molecule has 1 aromatic carbocycles. The molecule has 4 nitrogen and oxygen atoms in total. The van der Waals surface area contributed by atoms with Crippen molar-refractivity contribution in [1.29, 1.82) is 0 Å². The summed E-state index contributed by atoms with van der Waals surface area (Å²) in [7, 11) is 0. The highest BCUT2D eigenvalue weighted by Crippen LogP contribution is 2.07. The second kappa shape index (κ2) is 8.14. The zero-order valence-corrected chi connectivity index (χ0v) is 13.1. The Balaban J connectivity index is 1.71. The van der Waals surface area contributed by atoms with Crippen LogP contribution in [0.3, 0.4) is 0 Å². The Hall–Kier alpha value is -2.40. The summed E-state index contributed by atoms with van der Waals surface area (Å²) in [5.74, 6) is -0.849. The highest BCUT2D eigenvalue weighted by atomic mass is 32.1. The van der Waals surface area contributed by atoms with E-state index in [0.29, 0.717) is 6.54 Å². The minimum Gasteiger partial charge on any atom is -0.452 e. The van der Waals surface area contributed by atoms with Gasteiger partial charge < -0.3 is 10.1 Å². The number of nitrogens with one attached hydrogen (secondary N) is 1. The molecular weight excluding hydrogens is 298 g/mol. The van der Waals surface area contributed by atoms with Crippen LogP contribution in [0.15, 0.2) is 47.9 Å². The zero-order valence-electron chi connectivity index (χ0n) is 12.2. The van der Waals surface area contributed by atoms with Gasteiger partial charge in [-0.2, -0.15) is 0 Å². The lowest BCUT2D eigenvalue weighted by atomic mass is 10.1. The third-order valence-electron chi connectivity index (χ3n) is 2.84. The number of hydrogen-bond donors (Lipinski definition) is 1. The second-order valence-corrected chi connectivity index (χ2v) is 5.74. The van der Waals surface area contributed by atoms with E-state index in [1.807, 2.05) is 48.7 Å². The molecular formula is C17H17NO3S. The molecule has 0 saturated carbocycles. The van der Waals surface area contributed by atoms with Gasteiger partial charge in [0.15, 0.2) is 6.61 Å². The lowest BCUT2D eigenvalue weighted by Crippen LogP contribution is -2.27. The Morgan fingerprint density at radius 2 is 2.14 bits per heavy atom. The molecule has 0 fully saturated rings. The largest absolute Gasteiger partial charge is 0.452 e. The molecule has 1 heterocycles. The third-order valence-corrected chi connectivity index (χ3v) is 3.72. The summed E-state index contributed by atoms with van der Waals surface area (Å²) in [5.41, 5.74) is 2.03. The van der Waals surface area contributed by atoms with Gasteiger partial charge in [-0.15, -0.1) is 11.3 Å². The van der Waals surface area contributed by atoms with Crippen LogP contribution in [0, 0.1) is 6.92 Å². The van der Waals surface area contributed by atoms with Gasteiger partial charge >= 0.3 is 5.97 Å². The average molecular weight is 315 g/mol. The molecule has 0 aliphatic rings. The van der Waals surface area contributed by atoms with Gasteiger partial charge in [0.2, 0.25) is 0 Å². The molecule has 1 aromatic heterocycles. The van der Waals surface area contributed by atoms with Crippen LogP contribution in [0.25, 0.3) is 6.08 Å². The molecule has 0 atom stereocenters. The molecule has 0 spiro atoms. The van der Waals surface area contributed by atoms with Crippen LogP contribution in [0.4, 0.5) is 0 Å². The van der Waals surface area contributed by atoms with E-state index in [4.69, 9.17) is 4.74 Å². The molecule has 1 N–H and O–H groups in total. The van der Waals surface area contributed by atoms with Crippen molar-refractivity contribution >= 4 is 29.3 Å². The van der Waals surface area contributed by atoms with E-state index in [9.17, 15) is 9.59 Å². The van der Waals surface area contributed by atoms with Crippen molar-refractivity contribution < 1.29 is 14.3 Å². The van der Waals surface area contributed by atoms with Crippen LogP contribution < -0.4 is 5.32 Å². The van der Waals surface area contributed by atoms with Gasteiger partial charge in [-0.25, -0.2) is 4.79 Å². The maximum atomic E-state index is 11.6. The van der Waals surface area contributed by atoms with Crippen LogP contribution >= 0.6 is 11.3 Å². The maximum absolute atomic E-state index is 11.6. The summed E-state index contributed by atoms with van der Waals surface area (Å²) in [6, 6.07) is 11.6.